The number of rotatable bonds is 3. The summed E-state index contributed by atoms with van der Waals surface area (Å²) in [5, 5.41) is 0. The summed E-state index contributed by atoms with van der Waals surface area (Å²) in [6, 6.07) is 6.63. The second-order valence-corrected chi connectivity index (χ2v) is 6.51. The third-order valence-electron chi connectivity index (χ3n) is 4.79. The van der Waals surface area contributed by atoms with E-state index in [1.807, 2.05) is 0 Å². The Kier molecular flexibility index (Phi) is 3.66. The van der Waals surface area contributed by atoms with Gasteiger partial charge in [0.15, 0.2) is 5.96 Å². The van der Waals surface area contributed by atoms with E-state index >= 15 is 0 Å². The zero-order chi connectivity index (χ0) is 15.0. The Bertz CT molecular complexity index is 563. The Morgan fingerprint density at radius 2 is 2.24 bits per heavy atom. The van der Waals surface area contributed by atoms with Crippen molar-refractivity contribution in [3.8, 4) is 0 Å². The molecule has 3 rings (SSSR count). The molecule has 2 aliphatic rings. The van der Waals surface area contributed by atoms with Gasteiger partial charge in [0, 0.05) is 13.2 Å². The fourth-order valence-electron chi connectivity index (χ4n) is 3.59. The van der Waals surface area contributed by atoms with E-state index < -0.39 is 0 Å². The standard InChI is InChI=1S/C17H25N3O/c1-12-6-7-15(13(2)9-12)17(3)11-19-16(18)20(17)10-14-5-4-8-21-14/h6-7,9,14H,4-5,8,10-11H2,1-3H3,(H2,18,19). The van der Waals surface area contributed by atoms with Gasteiger partial charge in [-0.3, -0.25) is 4.99 Å². The van der Waals surface area contributed by atoms with Gasteiger partial charge in [0.05, 0.1) is 18.2 Å². The predicted molar refractivity (Wildman–Crippen MR) is 85.4 cm³/mol. The molecule has 2 aliphatic heterocycles. The maximum Gasteiger partial charge on any atom is 0.192 e. The molecule has 0 bridgehead atoms. The first-order valence-corrected chi connectivity index (χ1v) is 7.77. The van der Waals surface area contributed by atoms with Gasteiger partial charge in [-0.1, -0.05) is 23.8 Å². The van der Waals surface area contributed by atoms with Crippen LogP contribution in [-0.4, -0.2) is 36.7 Å². The predicted octanol–water partition coefficient (Wildman–Crippen LogP) is 2.33. The van der Waals surface area contributed by atoms with E-state index in [0.29, 0.717) is 5.96 Å². The fourth-order valence-corrected chi connectivity index (χ4v) is 3.59. The van der Waals surface area contributed by atoms with Crippen LogP contribution in [0.3, 0.4) is 0 Å². The van der Waals surface area contributed by atoms with E-state index in [2.05, 4.69) is 48.9 Å². The highest BCUT2D eigenvalue weighted by molar-refractivity contribution is 5.81. The molecule has 4 heteroatoms. The van der Waals surface area contributed by atoms with Gasteiger partial charge in [-0.15, -0.1) is 0 Å². The minimum Gasteiger partial charge on any atom is -0.376 e. The number of ether oxygens (including phenoxy) is 1. The number of benzene rings is 1. The number of hydrogen-bond acceptors (Lipinski definition) is 4. The Morgan fingerprint density at radius 1 is 1.43 bits per heavy atom. The van der Waals surface area contributed by atoms with Crippen LogP contribution in [0, 0.1) is 13.8 Å². The highest BCUT2D eigenvalue weighted by atomic mass is 16.5. The molecule has 2 unspecified atom stereocenters. The van der Waals surface area contributed by atoms with Crippen LogP contribution in [0.2, 0.25) is 0 Å². The summed E-state index contributed by atoms with van der Waals surface area (Å²) in [6.45, 7) is 8.96. The molecule has 2 heterocycles. The molecular weight excluding hydrogens is 262 g/mol. The smallest absolute Gasteiger partial charge is 0.192 e. The average Bonchev–Trinajstić information content (AvgIpc) is 3.03. The fraction of sp³-hybridized carbons (Fsp3) is 0.588. The summed E-state index contributed by atoms with van der Waals surface area (Å²) >= 11 is 0. The first kappa shape index (κ1) is 14.4. The molecule has 4 nitrogen and oxygen atoms in total. The van der Waals surface area contributed by atoms with Gasteiger partial charge in [0.1, 0.15) is 0 Å². The molecule has 2 N–H and O–H groups in total. The molecule has 1 aromatic rings. The van der Waals surface area contributed by atoms with E-state index in [9.17, 15) is 0 Å². The van der Waals surface area contributed by atoms with Crippen LogP contribution >= 0.6 is 0 Å². The highest BCUT2D eigenvalue weighted by Crippen LogP contribution is 2.35. The molecule has 114 valence electrons. The number of hydrogen-bond donors (Lipinski definition) is 1. The molecular formula is C17H25N3O. The number of aryl methyl sites for hydroxylation is 2. The number of nitrogens with zero attached hydrogens (tertiary/aromatic N) is 2. The summed E-state index contributed by atoms with van der Waals surface area (Å²) in [5.41, 5.74) is 9.92. The van der Waals surface area contributed by atoms with Crippen molar-refractivity contribution in [2.45, 2.75) is 45.3 Å². The topological polar surface area (TPSA) is 50.8 Å². The number of guanidine groups is 1. The third kappa shape index (κ3) is 2.53. The minimum absolute atomic E-state index is 0.159. The lowest BCUT2D eigenvalue weighted by atomic mass is 9.86. The van der Waals surface area contributed by atoms with Crippen LogP contribution < -0.4 is 5.73 Å². The zero-order valence-electron chi connectivity index (χ0n) is 13.2. The minimum atomic E-state index is -0.159. The third-order valence-corrected chi connectivity index (χ3v) is 4.79. The summed E-state index contributed by atoms with van der Waals surface area (Å²) < 4.78 is 5.79. The Labute approximate surface area is 127 Å². The molecule has 0 radical (unpaired) electrons. The van der Waals surface area contributed by atoms with E-state index in [1.165, 1.54) is 16.7 Å². The second-order valence-electron chi connectivity index (χ2n) is 6.51. The van der Waals surface area contributed by atoms with Gasteiger partial charge >= 0.3 is 0 Å². The van der Waals surface area contributed by atoms with Crippen LogP contribution in [0.1, 0.15) is 36.5 Å². The van der Waals surface area contributed by atoms with E-state index in [-0.39, 0.29) is 11.6 Å². The van der Waals surface area contributed by atoms with Gasteiger partial charge in [-0.05, 0) is 44.7 Å². The van der Waals surface area contributed by atoms with Crippen LogP contribution in [-0.2, 0) is 10.3 Å². The van der Waals surface area contributed by atoms with Gasteiger partial charge in [-0.25, -0.2) is 0 Å². The van der Waals surface area contributed by atoms with Gasteiger partial charge < -0.3 is 15.4 Å². The van der Waals surface area contributed by atoms with Crippen molar-refractivity contribution in [2.75, 3.05) is 19.7 Å². The number of aliphatic imine (C=N–C) groups is 1. The first-order valence-electron chi connectivity index (χ1n) is 7.77. The molecule has 0 saturated carbocycles. The zero-order valence-corrected chi connectivity index (χ0v) is 13.2. The molecule has 2 atom stereocenters. The maximum atomic E-state index is 6.17. The van der Waals surface area contributed by atoms with Crippen LogP contribution in [0.15, 0.2) is 23.2 Å². The average molecular weight is 287 g/mol. The molecule has 1 saturated heterocycles. The van der Waals surface area contributed by atoms with Crippen molar-refractivity contribution in [3.05, 3.63) is 34.9 Å². The van der Waals surface area contributed by atoms with Gasteiger partial charge in [0.25, 0.3) is 0 Å². The molecule has 0 aliphatic carbocycles. The molecule has 0 amide bonds. The largest absolute Gasteiger partial charge is 0.376 e. The Balaban J connectivity index is 1.90. The van der Waals surface area contributed by atoms with Crippen molar-refractivity contribution in [2.24, 2.45) is 10.7 Å². The van der Waals surface area contributed by atoms with Crippen molar-refractivity contribution in [1.82, 2.24) is 4.90 Å². The summed E-state index contributed by atoms with van der Waals surface area (Å²) in [4.78, 5) is 6.75. The monoisotopic (exact) mass is 287 g/mol. The first-order chi connectivity index (χ1) is 10.0. The van der Waals surface area contributed by atoms with E-state index in [0.717, 1.165) is 32.5 Å². The molecule has 1 fully saturated rings. The van der Waals surface area contributed by atoms with Crippen molar-refractivity contribution in [1.29, 1.82) is 0 Å². The summed E-state index contributed by atoms with van der Waals surface area (Å²) in [6.07, 6.45) is 2.55. The normalized spacial score (nSPS) is 29.0. The lowest BCUT2D eigenvalue weighted by Gasteiger charge is -2.39. The van der Waals surface area contributed by atoms with E-state index in [4.69, 9.17) is 10.5 Å². The molecule has 21 heavy (non-hydrogen) atoms. The van der Waals surface area contributed by atoms with Crippen LogP contribution in [0.25, 0.3) is 0 Å². The molecule has 0 aromatic heterocycles. The van der Waals surface area contributed by atoms with Gasteiger partial charge in [0.2, 0.25) is 0 Å². The lowest BCUT2D eigenvalue weighted by molar-refractivity contribution is 0.0689. The Hall–Kier alpha value is -1.55. The van der Waals surface area contributed by atoms with Crippen molar-refractivity contribution < 1.29 is 4.74 Å². The number of nitrogens with two attached hydrogens (primary N) is 1. The SMILES string of the molecule is Cc1ccc(C2(C)CN=C(N)N2CC2CCCO2)c(C)c1. The maximum absolute atomic E-state index is 6.17. The Morgan fingerprint density at radius 3 is 2.90 bits per heavy atom. The van der Waals surface area contributed by atoms with Crippen LogP contribution in [0.4, 0.5) is 0 Å². The second kappa shape index (κ2) is 5.34. The molecule has 1 aromatic carbocycles. The lowest BCUT2D eigenvalue weighted by Crippen LogP contribution is -2.50. The van der Waals surface area contributed by atoms with E-state index in [1.54, 1.807) is 0 Å². The summed E-state index contributed by atoms with van der Waals surface area (Å²) in [5.74, 6) is 0.646. The quantitative estimate of drug-likeness (QED) is 0.928. The van der Waals surface area contributed by atoms with Crippen LogP contribution in [0.5, 0.6) is 0 Å². The molecule has 0 spiro atoms. The summed E-state index contributed by atoms with van der Waals surface area (Å²) in [7, 11) is 0. The van der Waals surface area contributed by atoms with Gasteiger partial charge in [-0.2, -0.15) is 0 Å². The highest BCUT2D eigenvalue weighted by Gasteiger charge is 2.41. The van der Waals surface area contributed by atoms with Crippen molar-refractivity contribution in [3.63, 3.8) is 0 Å². The van der Waals surface area contributed by atoms with Crippen molar-refractivity contribution >= 4 is 5.96 Å².